The molecule has 132 valence electrons. The summed E-state index contributed by atoms with van der Waals surface area (Å²) in [5.41, 5.74) is 0.311. The quantitative estimate of drug-likeness (QED) is 0.783. The van der Waals surface area contributed by atoms with E-state index in [0.717, 1.165) is 0 Å². The van der Waals surface area contributed by atoms with Gasteiger partial charge in [-0.15, -0.1) is 0 Å². The Morgan fingerprint density at radius 1 is 1.04 bits per heavy atom. The lowest BCUT2D eigenvalue weighted by atomic mass is 10.1. The third kappa shape index (κ3) is 5.23. The summed E-state index contributed by atoms with van der Waals surface area (Å²) in [6.45, 7) is -0.0848. The van der Waals surface area contributed by atoms with E-state index in [4.69, 9.17) is 9.84 Å². The van der Waals surface area contributed by atoms with E-state index in [9.17, 15) is 22.8 Å². The minimum atomic E-state index is -1.57. The van der Waals surface area contributed by atoms with Crippen LogP contribution in [0.1, 0.15) is 11.1 Å². The van der Waals surface area contributed by atoms with Crippen LogP contribution >= 0.6 is 0 Å². The topological polar surface area (TPSA) is 75.6 Å². The molecule has 0 saturated heterocycles. The molecule has 2 N–H and O–H groups in total. The Balaban J connectivity index is 2.00. The molecule has 5 nitrogen and oxygen atoms in total. The molecule has 0 radical (unpaired) electrons. The number of ether oxygens (including phenoxy) is 1. The van der Waals surface area contributed by atoms with Gasteiger partial charge in [0.25, 0.3) is 0 Å². The van der Waals surface area contributed by atoms with Crippen LogP contribution in [0, 0.1) is 17.5 Å². The summed E-state index contributed by atoms with van der Waals surface area (Å²) in [6.07, 6.45) is -1.60. The molecule has 8 heteroatoms. The van der Waals surface area contributed by atoms with Gasteiger partial charge in [-0.05, 0) is 17.2 Å². The Morgan fingerprint density at radius 2 is 1.68 bits per heavy atom. The molecule has 0 aliphatic carbocycles. The average Bonchev–Trinajstić information content (AvgIpc) is 2.58. The van der Waals surface area contributed by atoms with Crippen LogP contribution in [-0.2, 0) is 22.6 Å². The van der Waals surface area contributed by atoms with E-state index in [1.54, 1.807) is 30.3 Å². The number of carboxylic acid groups (broad SMARTS) is 1. The fourth-order valence-electron chi connectivity index (χ4n) is 2.05. The Labute approximate surface area is 141 Å². The smallest absolute Gasteiger partial charge is 0.408 e. The zero-order valence-electron chi connectivity index (χ0n) is 12.8. The molecule has 0 spiro atoms. The molecule has 0 saturated carbocycles. The molecular formula is C17H14F3NO4. The van der Waals surface area contributed by atoms with Crippen LogP contribution in [-0.4, -0.2) is 23.2 Å². The second-order valence-electron chi connectivity index (χ2n) is 5.16. The van der Waals surface area contributed by atoms with E-state index in [1.807, 2.05) is 0 Å². The van der Waals surface area contributed by atoms with Gasteiger partial charge in [0.05, 0.1) is 0 Å². The molecule has 0 fully saturated rings. The maximum atomic E-state index is 13.6. The molecule has 1 amide bonds. The molecule has 0 aliphatic rings. The number of carbonyl (C=O) groups is 2. The lowest BCUT2D eigenvalue weighted by molar-refractivity contribution is -0.139. The summed E-state index contributed by atoms with van der Waals surface area (Å²) in [5.74, 6) is -5.28. The first-order chi connectivity index (χ1) is 11.9. The van der Waals surface area contributed by atoms with Crippen LogP contribution in [0.15, 0.2) is 42.5 Å². The Hall–Kier alpha value is -3.03. The van der Waals surface area contributed by atoms with Crippen molar-refractivity contribution in [3.05, 3.63) is 71.0 Å². The summed E-state index contributed by atoms with van der Waals surface area (Å²) in [7, 11) is 0. The van der Waals surface area contributed by atoms with Gasteiger partial charge in [-0.3, -0.25) is 0 Å². The van der Waals surface area contributed by atoms with Crippen molar-refractivity contribution < 1.29 is 32.6 Å². The highest BCUT2D eigenvalue weighted by molar-refractivity contribution is 5.80. The van der Waals surface area contributed by atoms with Crippen molar-refractivity contribution in [2.75, 3.05) is 0 Å². The number of halogens is 3. The van der Waals surface area contributed by atoms with Crippen LogP contribution in [0.25, 0.3) is 0 Å². The molecule has 1 unspecified atom stereocenters. The maximum absolute atomic E-state index is 13.6. The van der Waals surface area contributed by atoms with Crippen LogP contribution < -0.4 is 5.32 Å². The summed E-state index contributed by atoms with van der Waals surface area (Å²) in [6, 6.07) is 7.97. The van der Waals surface area contributed by atoms with Gasteiger partial charge in [0.2, 0.25) is 0 Å². The van der Waals surface area contributed by atoms with Crippen LogP contribution in [0.4, 0.5) is 18.0 Å². The molecule has 25 heavy (non-hydrogen) atoms. The summed E-state index contributed by atoms with van der Waals surface area (Å²) in [5, 5.41) is 11.2. The van der Waals surface area contributed by atoms with Crippen LogP contribution in [0.2, 0.25) is 0 Å². The molecule has 2 rings (SSSR count). The minimum absolute atomic E-state index is 0.0848. The number of hydrogen-bond donors (Lipinski definition) is 2. The monoisotopic (exact) mass is 353 g/mol. The van der Waals surface area contributed by atoms with E-state index in [1.165, 1.54) is 0 Å². The molecule has 2 aromatic rings. The normalized spacial score (nSPS) is 11.6. The zero-order chi connectivity index (χ0) is 18.4. The molecule has 0 bridgehead atoms. The first-order valence-electron chi connectivity index (χ1n) is 7.20. The van der Waals surface area contributed by atoms with Gasteiger partial charge in [-0.2, -0.15) is 0 Å². The fourth-order valence-corrected chi connectivity index (χ4v) is 2.05. The highest BCUT2D eigenvalue weighted by Gasteiger charge is 2.23. The van der Waals surface area contributed by atoms with Crippen molar-refractivity contribution in [2.45, 2.75) is 19.1 Å². The van der Waals surface area contributed by atoms with Gasteiger partial charge in [0.15, 0.2) is 11.6 Å². The lowest BCUT2D eigenvalue weighted by Crippen LogP contribution is -2.42. The van der Waals surface area contributed by atoms with E-state index in [0.29, 0.717) is 17.7 Å². The van der Waals surface area contributed by atoms with Gasteiger partial charge in [0.1, 0.15) is 18.5 Å². The molecule has 1 atom stereocenters. The van der Waals surface area contributed by atoms with Crippen molar-refractivity contribution >= 4 is 12.1 Å². The maximum Gasteiger partial charge on any atom is 0.408 e. The van der Waals surface area contributed by atoms with Crippen molar-refractivity contribution in [1.82, 2.24) is 5.32 Å². The standard InChI is InChI=1S/C17H14F3NO4/c18-12-8-14(20)13(19)6-11(12)7-15(16(22)23)21-17(24)25-9-10-4-2-1-3-5-10/h1-6,8,15H,7,9H2,(H,21,24)(H,22,23). The number of aliphatic carboxylic acids is 1. The highest BCUT2D eigenvalue weighted by Crippen LogP contribution is 2.15. The molecule has 0 heterocycles. The number of rotatable bonds is 6. The highest BCUT2D eigenvalue weighted by atomic mass is 19.2. The third-order valence-corrected chi connectivity index (χ3v) is 3.32. The largest absolute Gasteiger partial charge is 0.480 e. The molecule has 2 aromatic carbocycles. The van der Waals surface area contributed by atoms with Crippen molar-refractivity contribution in [1.29, 1.82) is 0 Å². The van der Waals surface area contributed by atoms with Crippen LogP contribution in [0.3, 0.4) is 0 Å². The number of carboxylic acids is 1. The Bertz CT molecular complexity index is 768. The number of alkyl carbamates (subject to hydrolysis) is 1. The number of amides is 1. The van der Waals surface area contributed by atoms with Gasteiger partial charge in [-0.25, -0.2) is 22.8 Å². The summed E-state index contributed by atoms with van der Waals surface area (Å²) in [4.78, 5) is 22.9. The average molecular weight is 353 g/mol. The van der Waals surface area contributed by atoms with Crippen molar-refractivity contribution in [3.63, 3.8) is 0 Å². The first kappa shape index (κ1) is 18.3. The number of benzene rings is 2. The van der Waals surface area contributed by atoms with E-state index in [-0.39, 0.29) is 12.2 Å². The number of nitrogens with one attached hydrogen (secondary N) is 1. The second kappa shape index (κ2) is 8.18. The van der Waals surface area contributed by atoms with Crippen molar-refractivity contribution in [2.24, 2.45) is 0 Å². The molecular weight excluding hydrogens is 339 g/mol. The van der Waals surface area contributed by atoms with Gasteiger partial charge in [-0.1, -0.05) is 30.3 Å². The van der Waals surface area contributed by atoms with Crippen molar-refractivity contribution in [3.8, 4) is 0 Å². The van der Waals surface area contributed by atoms with Crippen LogP contribution in [0.5, 0.6) is 0 Å². The van der Waals surface area contributed by atoms with Gasteiger partial charge in [0, 0.05) is 12.5 Å². The predicted molar refractivity (Wildman–Crippen MR) is 81.2 cm³/mol. The SMILES string of the molecule is O=C(NC(Cc1cc(F)c(F)cc1F)C(=O)O)OCc1ccccc1. The second-order valence-corrected chi connectivity index (χ2v) is 5.16. The zero-order valence-corrected chi connectivity index (χ0v) is 12.8. The predicted octanol–water partition coefficient (Wildman–Crippen LogP) is 3.03. The van der Waals surface area contributed by atoms with E-state index < -0.39 is 42.0 Å². The summed E-state index contributed by atoms with van der Waals surface area (Å²) < 4.78 is 44.6. The van der Waals surface area contributed by atoms with Gasteiger partial charge < -0.3 is 15.2 Å². The summed E-state index contributed by atoms with van der Waals surface area (Å²) >= 11 is 0. The molecule has 0 aliphatic heterocycles. The van der Waals surface area contributed by atoms with E-state index >= 15 is 0 Å². The first-order valence-corrected chi connectivity index (χ1v) is 7.20. The minimum Gasteiger partial charge on any atom is -0.480 e. The third-order valence-electron chi connectivity index (χ3n) is 3.32. The van der Waals surface area contributed by atoms with Gasteiger partial charge >= 0.3 is 12.1 Å². The Kier molecular flexibility index (Phi) is 5.99. The van der Waals surface area contributed by atoms with E-state index in [2.05, 4.69) is 5.32 Å². The molecule has 0 aromatic heterocycles. The number of hydrogen-bond acceptors (Lipinski definition) is 3. The fraction of sp³-hybridized carbons (Fsp3) is 0.176. The lowest BCUT2D eigenvalue weighted by Gasteiger charge is -2.15. The Morgan fingerprint density at radius 3 is 2.32 bits per heavy atom. The number of carbonyl (C=O) groups excluding carboxylic acids is 1.